The molecule has 3 heteroatoms. The Bertz CT molecular complexity index is 219. The van der Waals surface area contributed by atoms with Gasteiger partial charge in [0.1, 0.15) is 0 Å². The summed E-state index contributed by atoms with van der Waals surface area (Å²) in [5, 5.41) is 19.3. The number of rotatable bonds is 0. The highest BCUT2D eigenvalue weighted by Crippen LogP contribution is 2.39. The molecule has 0 bridgehead atoms. The maximum absolute atomic E-state index is 9.72. The van der Waals surface area contributed by atoms with Crippen molar-refractivity contribution in [2.24, 2.45) is 5.41 Å². The van der Waals surface area contributed by atoms with Crippen LogP contribution in [0, 0.1) is 5.41 Å². The van der Waals surface area contributed by atoms with E-state index in [1.54, 1.807) is 6.21 Å². The molecule has 0 saturated carbocycles. The predicted octanol–water partition coefficient (Wildman–Crippen LogP) is 1.03. The quantitative estimate of drug-likeness (QED) is 0.423. The third-order valence-corrected chi connectivity index (χ3v) is 3.48. The highest BCUT2D eigenvalue weighted by atomic mass is 16.5. The molecule has 0 aromatic heterocycles. The molecule has 1 unspecified atom stereocenters. The second kappa shape index (κ2) is 2.46. The predicted molar refractivity (Wildman–Crippen MR) is 46.6 cm³/mol. The highest BCUT2D eigenvalue weighted by Gasteiger charge is 2.54. The zero-order chi connectivity index (χ0) is 9.57. The normalized spacial score (nSPS) is 32.8. The van der Waals surface area contributed by atoms with Crippen molar-refractivity contribution >= 4 is 6.21 Å². The Morgan fingerprint density at radius 1 is 1.33 bits per heavy atom. The maximum atomic E-state index is 9.72. The van der Waals surface area contributed by atoms with Crippen LogP contribution in [0.15, 0.2) is 0 Å². The van der Waals surface area contributed by atoms with Crippen molar-refractivity contribution in [1.82, 2.24) is 0 Å². The van der Waals surface area contributed by atoms with Crippen LogP contribution < -0.4 is 0 Å². The summed E-state index contributed by atoms with van der Waals surface area (Å²) in [6.07, 6.45) is 1.78. The van der Waals surface area contributed by atoms with Gasteiger partial charge in [-0.1, -0.05) is 13.8 Å². The summed E-state index contributed by atoms with van der Waals surface area (Å²) in [6.45, 7) is 7.78. The minimum absolute atomic E-state index is 0.295. The average Bonchev–Trinajstić information content (AvgIpc) is 1.96. The lowest BCUT2D eigenvalue weighted by Crippen LogP contribution is -2.57. The van der Waals surface area contributed by atoms with Crippen molar-refractivity contribution in [2.45, 2.75) is 45.8 Å². The van der Waals surface area contributed by atoms with E-state index in [0.29, 0.717) is 6.42 Å². The summed E-state index contributed by atoms with van der Waals surface area (Å²) in [4.78, 5) is 0. The van der Waals surface area contributed by atoms with E-state index in [0.717, 1.165) is 0 Å². The summed E-state index contributed by atoms with van der Waals surface area (Å²) >= 11 is 0. The second-order valence-electron chi connectivity index (χ2n) is 4.56. The van der Waals surface area contributed by atoms with Crippen LogP contribution in [0.4, 0.5) is 0 Å². The standard InChI is InChI=1S/C9H18NO2/c1-8(2)7(11)5-6-10(12)9(8,3)4/h6-7,11-12H,5H2,1-4H3/q+1. The second-order valence-corrected chi connectivity index (χ2v) is 4.56. The number of aliphatic hydroxyl groups excluding tert-OH is 1. The van der Waals surface area contributed by atoms with Crippen LogP contribution in [0.5, 0.6) is 0 Å². The molecule has 0 aliphatic carbocycles. The zero-order valence-electron chi connectivity index (χ0n) is 8.20. The third kappa shape index (κ3) is 1.04. The van der Waals surface area contributed by atoms with Gasteiger partial charge in [-0.25, -0.2) is 0 Å². The minimum Gasteiger partial charge on any atom is -0.392 e. The van der Waals surface area contributed by atoms with E-state index < -0.39 is 5.54 Å². The van der Waals surface area contributed by atoms with Crippen LogP contribution in [-0.4, -0.2) is 32.9 Å². The Morgan fingerprint density at radius 3 is 2.25 bits per heavy atom. The number of hydrogen-bond acceptors (Lipinski definition) is 2. The summed E-state index contributed by atoms with van der Waals surface area (Å²) in [7, 11) is 0. The van der Waals surface area contributed by atoms with Crippen LogP contribution in [0.1, 0.15) is 34.1 Å². The zero-order valence-corrected chi connectivity index (χ0v) is 8.20. The fourth-order valence-corrected chi connectivity index (χ4v) is 1.43. The van der Waals surface area contributed by atoms with Crippen molar-refractivity contribution in [1.29, 1.82) is 0 Å². The van der Waals surface area contributed by atoms with Crippen LogP contribution in [-0.2, 0) is 0 Å². The van der Waals surface area contributed by atoms with Gasteiger partial charge in [0.2, 0.25) is 5.54 Å². The Morgan fingerprint density at radius 2 is 1.83 bits per heavy atom. The van der Waals surface area contributed by atoms with Gasteiger partial charge in [-0.05, 0) is 4.74 Å². The molecule has 0 fully saturated rings. The minimum atomic E-state index is -0.412. The smallest absolute Gasteiger partial charge is 0.212 e. The molecule has 0 radical (unpaired) electrons. The van der Waals surface area contributed by atoms with Gasteiger partial charge >= 0.3 is 0 Å². The van der Waals surface area contributed by atoms with Gasteiger partial charge in [0.05, 0.1) is 17.9 Å². The number of hydrogen-bond donors (Lipinski definition) is 2. The Kier molecular flexibility index (Phi) is 1.95. The summed E-state index contributed by atoms with van der Waals surface area (Å²) in [5.41, 5.74) is -0.707. The first kappa shape index (κ1) is 9.52. The fourth-order valence-electron chi connectivity index (χ4n) is 1.43. The molecule has 1 atom stereocenters. The molecule has 1 heterocycles. The molecular formula is C9H18NO2+. The van der Waals surface area contributed by atoms with Crippen molar-refractivity contribution in [3.05, 3.63) is 0 Å². The van der Waals surface area contributed by atoms with E-state index in [1.165, 1.54) is 4.74 Å². The molecule has 2 N–H and O–H groups in total. The lowest BCUT2D eigenvalue weighted by atomic mass is 9.68. The third-order valence-electron chi connectivity index (χ3n) is 3.48. The monoisotopic (exact) mass is 172 g/mol. The topological polar surface area (TPSA) is 43.5 Å². The summed E-state index contributed by atoms with van der Waals surface area (Å²) in [5.74, 6) is 0. The average molecular weight is 172 g/mol. The van der Waals surface area contributed by atoms with E-state index in [9.17, 15) is 10.3 Å². The van der Waals surface area contributed by atoms with Crippen molar-refractivity contribution in [3.63, 3.8) is 0 Å². The first-order valence-electron chi connectivity index (χ1n) is 4.30. The maximum Gasteiger partial charge on any atom is 0.212 e. The molecule has 0 aromatic rings. The van der Waals surface area contributed by atoms with E-state index in [4.69, 9.17) is 0 Å². The number of aliphatic hydroxyl groups is 1. The summed E-state index contributed by atoms with van der Waals surface area (Å²) < 4.78 is 1.21. The molecule has 70 valence electrons. The lowest BCUT2D eigenvalue weighted by Gasteiger charge is -2.40. The fraction of sp³-hybridized carbons (Fsp3) is 0.889. The Hall–Kier alpha value is -0.570. The van der Waals surface area contributed by atoms with Gasteiger partial charge in [-0.15, -0.1) is 0 Å². The molecule has 0 saturated heterocycles. The largest absolute Gasteiger partial charge is 0.392 e. The molecule has 12 heavy (non-hydrogen) atoms. The molecule has 1 rings (SSSR count). The van der Waals surface area contributed by atoms with E-state index in [1.807, 2.05) is 27.7 Å². The Labute approximate surface area is 73.3 Å². The molecular weight excluding hydrogens is 154 g/mol. The molecule has 0 spiro atoms. The lowest BCUT2D eigenvalue weighted by molar-refractivity contribution is -0.833. The SMILES string of the molecule is CC1(C)C(O)CC=[N+](O)C1(C)C. The van der Waals surface area contributed by atoms with Gasteiger partial charge in [-0.2, -0.15) is 0 Å². The van der Waals surface area contributed by atoms with E-state index >= 15 is 0 Å². The molecule has 1 aliphatic rings. The van der Waals surface area contributed by atoms with Gasteiger partial charge in [0.25, 0.3) is 0 Å². The van der Waals surface area contributed by atoms with Crippen LogP contribution in [0.2, 0.25) is 0 Å². The molecule has 0 aromatic carbocycles. The van der Waals surface area contributed by atoms with Crippen LogP contribution in [0.3, 0.4) is 0 Å². The molecule has 3 nitrogen and oxygen atoms in total. The first-order valence-corrected chi connectivity index (χ1v) is 4.30. The van der Waals surface area contributed by atoms with Gasteiger partial charge in [-0.3, -0.25) is 5.21 Å². The van der Waals surface area contributed by atoms with Gasteiger partial charge < -0.3 is 5.11 Å². The highest BCUT2D eigenvalue weighted by molar-refractivity contribution is 5.53. The van der Waals surface area contributed by atoms with Gasteiger partial charge in [0.15, 0.2) is 6.21 Å². The van der Waals surface area contributed by atoms with Crippen molar-refractivity contribution < 1.29 is 15.1 Å². The summed E-state index contributed by atoms with van der Waals surface area (Å²) in [6, 6.07) is 0. The van der Waals surface area contributed by atoms with E-state index in [2.05, 4.69) is 0 Å². The molecule has 1 aliphatic heterocycles. The molecule has 0 amide bonds. The first-order chi connectivity index (χ1) is 5.30. The number of hydroxylamine groups is 1. The van der Waals surface area contributed by atoms with E-state index in [-0.39, 0.29) is 11.5 Å². The number of nitrogens with zero attached hydrogens (tertiary/aromatic N) is 1. The van der Waals surface area contributed by atoms with Crippen molar-refractivity contribution in [3.8, 4) is 0 Å². The van der Waals surface area contributed by atoms with Crippen molar-refractivity contribution in [2.75, 3.05) is 0 Å². The Balaban J connectivity index is 3.10. The van der Waals surface area contributed by atoms with Crippen LogP contribution in [0.25, 0.3) is 0 Å². The van der Waals surface area contributed by atoms with Gasteiger partial charge in [0, 0.05) is 13.8 Å². The van der Waals surface area contributed by atoms with Crippen LogP contribution >= 0.6 is 0 Å².